The van der Waals surface area contributed by atoms with Crippen LogP contribution in [-0.4, -0.2) is 11.8 Å². The summed E-state index contributed by atoms with van der Waals surface area (Å²) in [4.78, 5) is 22.9. The second-order valence-corrected chi connectivity index (χ2v) is 4.42. The monoisotopic (exact) mass is 217 g/mol. The molecule has 0 radical (unpaired) electrons. The van der Waals surface area contributed by atoms with Crippen molar-refractivity contribution >= 4 is 11.8 Å². The fourth-order valence-corrected chi connectivity index (χ4v) is 2.08. The molecule has 2 unspecified atom stereocenters. The van der Waals surface area contributed by atoms with E-state index in [4.69, 9.17) is 0 Å². The van der Waals surface area contributed by atoms with E-state index in [0.29, 0.717) is 6.42 Å². The fraction of sp³-hybridized carbons (Fsp3) is 0.385. The first-order valence-electron chi connectivity index (χ1n) is 5.48. The van der Waals surface area contributed by atoms with Gasteiger partial charge in [-0.1, -0.05) is 36.8 Å². The Morgan fingerprint density at radius 3 is 2.44 bits per heavy atom. The van der Waals surface area contributed by atoms with E-state index in [0.717, 1.165) is 5.56 Å². The molecule has 1 aliphatic heterocycles. The third-order valence-corrected chi connectivity index (χ3v) is 3.19. The number of hydrogen-bond donors (Lipinski definition) is 1. The van der Waals surface area contributed by atoms with Gasteiger partial charge in [-0.2, -0.15) is 0 Å². The molecular weight excluding hydrogens is 202 g/mol. The average molecular weight is 217 g/mol. The topological polar surface area (TPSA) is 46.2 Å². The third-order valence-electron chi connectivity index (χ3n) is 3.19. The first kappa shape index (κ1) is 10.9. The molecule has 3 heteroatoms. The van der Waals surface area contributed by atoms with E-state index < -0.39 is 0 Å². The minimum absolute atomic E-state index is 0.0156. The Kier molecular flexibility index (Phi) is 2.77. The highest BCUT2D eigenvalue weighted by Gasteiger charge is 2.33. The number of carbonyl (C=O) groups is 2. The van der Waals surface area contributed by atoms with E-state index in [9.17, 15) is 9.59 Å². The van der Waals surface area contributed by atoms with Crippen LogP contribution in [0.3, 0.4) is 0 Å². The largest absolute Gasteiger partial charge is 0.296 e. The molecular formula is C13H15NO2. The second kappa shape index (κ2) is 4.08. The van der Waals surface area contributed by atoms with Crippen molar-refractivity contribution in [3.63, 3.8) is 0 Å². The fourth-order valence-electron chi connectivity index (χ4n) is 2.08. The highest BCUT2D eigenvalue weighted by molar-refractivity contribution is 5.99. The maximum atomic E-state index is 11.5. The molecule has 2 rings (SSSR count). The highest BCUT2D eigenvalue weighted by Crippen LogP contribution is 2.31. The highest BCUT2D eigenvalue weighted by atomic mass is 16.2. The molecule has 0 aliphatic carbocycles. The van der Waals surface area contributed by atoms with Gasteiger partial charge in [0.25, 0.3) is 0 Å². The van der Waals surface area contributed by atoms with Gasteiger partial charge < -0.3 is 0 Å². The second-order valence-electron chi connectivity index (χ2n) is 4.42. The van der Waals surface area contributed by atoms with E-state index >= 15 is 0 Å². The molecule has 0 saturated carbocycles. The van der Waals surface area contributed by atoms with E-state index in [1.165, 1.54) is 5.56 Å². The molecule has 1 fully saturated rings. The molecule has 0 bridgehead atoms. The molecule has 1 N–H and O–H groups in total. The lowest BCUT2D eigenvalue weighted by atomic mass is 9.81. The molecule has 84 valence electrons. The molecule has 1 heterocycles. The van der Waals surface area contributed by atoms with Crippen LogP contribution >= 0.6 is 0 Å². The van der Waals surface area contributed by atoms with Crippen LogP contribution in [0.1, 0.15) is 30.4 Å². The van der Waals surface area contributed by atoms with Crippen LogP contribution in [0.25, 0.3) is 0 Å². The van der Waals surface area contributed by atoms with Gasteiger partial charge >= 0.3 is 0 Å². The Morgan fingerprint density at radius 2 is 1.81 bits per heavy atom. The van der Waals surface area contributed by atoms with Crippen LogP contribution in [0.2, 0.25) is 0 Å². The number of nitrogens with one attached hydrogen (secondary N) is 1. The van der Waals surface area contributed by atoms with Gasteiger partial charge in [-0.3, -0.25) is 14.9 Å². The van der Waals surface area contributed by atoms with Crippen molar-refractivity contribution in [3.8, 4) is 0 Å². The van der Waals surface area contributed by atoms with E-state index in [2.05, 4.69) is 5.32 Å². The zero-order chi connectivity index (χ0) is 11.7. The lowest BCUT2D eigenvalue weighted by Gasteiger charge is -2.27. The summed E-state index contributed by atoms with van der Waals surface area (Å²) in [5.74, 6) is -0.460. The quantitative estimate of drug-likeness (QED) is 0.728. The van der Waals surface area contributed by atoms with Gasteiger partial charge in [0, 0.05) is 18.3 Å². The van der Waals surface area contributed by atoms with E-state index in [-0.39, 0.29) is 23.7 Å². The minimum Gasteiger partial charge on any atom is -0.296 e. The summed E-state index contributed by atoms with van der Waals surface area (Å²) < 4.78 is 0. The van der Waals surface area contributed by atoms with Gasteiger partial charge in [0.1, 0.15) is 0 Å². The van der Waals surface area contributed by atoms with Crippen LogP contribution in [-0.2, 0) is 9.59 Å². The zero-order valence-electron chi connectivity index (χ0n) is 9.49. The van der Waals surface area contributed by atoms with Gasteiger partial charge in [0.15, 0.2) is 0 Å². The summed E-state index contributed by atoms with van der Waals surface area (Å²) in [7, 11) is 0. The van der Waals surface area contributed by atoms with E-state index in [1.807, 2.05) is 38.1 Å². The lowest BCUT2D eigenvalue weighted by Crippen LogP contribution is -2.43. The zero-order valence-corrected chi connectivity index (χ0v) is 9.49. The molecule has 0 aromatic heterocycles. The third kappa shape index (κ3) is 1.98. The minimum atomic E-state index is -0.173. The summed E-state index contributed by atoms with van der Waals surface area (Å²) in [6.45, 7) is 3.89. The van der Waals surface area contributed by atoms with Crippen LogP contribution < -0.4 is 5.32 Å². The number of hydrogen-bond acceptors (Lipinski definition) is 2. The molecule has 2 atom stereocenters. The molecule has 2 amide bonds. The van der Waals surface area contributed by atoms with Crippen molar-refractivity contribution in [3.05, 3.63) is 35.4 Å². The average Bonchev–Trinajstić information content (AvgIpc) is 2.25. The maximum absolute atomic E-state index is 11.5. The summed E-state index contributed by atoms with van der Waals surface area (Å²) in [5, 5.41) is 2.36. The van der Waals surface area contributed by atoms with Gasteiger partial charge in [-0.05, 0) is 12.5 Å². The number of carbonyl (C=O) groups excluding carboxylic acids is 2. The number of imide groups is 1. The lowest BCUT2D eigenvalue weighted by molar-refractivity contribution is -0.136. The summed E-state index contributed by atoms with van der Waals surface area (Å²) in [6.07, 6.45) is 0.399. The van der Waals surface area contributed by atoms with Crippen molar-refractivity contribution in [2.24, 2.45) is 5.92 Å². The van der Waals surface area contributed by atoms with Crippen LogP contribution in [0.4, 0.5) is 0 Å². The first-order chi connectivity index (χ1) is 7.58. The number of piperidine rings is 1. The number of rotatable bonds is 1. The van der Waals surface area contributed by atoms with Gasteiger partial charge in [-0.25, -0.2) is 0 Å². The molecule has 1 saturated heterocycles. The van der Waals surface area contributed by atoms with Crippen LogP contribution in [0.5, 0.6) is 0 Å². The van der Waals surface area contributed by atoms with Crippen LogP contribution in [0.15, 0.2) is 24.3 Å². The van der Waals surface area contributed by atoms with Gasteiger partial charge in [-0.15, -0.1) is 0 Å². The molecule has 16 heavy (non-hydrogen) atoms. The van der Waals surface area contributed by atoms with Gasteiger partial charge in [0.05, 0.1) is 0 Å². The van der Waals surface area contributed by atoms with Crippen molar-refractivity contribution in [2.45, 2.75) is 26.2 Å². The first-order valence-corrected chi connectivity index (χ1v) is 5.48. The summed E-state index contributed by atoms with van der Waals surface area (Å²) in [5.41, 5.74) is 2.25. The maximum Gasteiger partial charge on any atom is 0.230 e. The molecule has 1 aliphatic rings. The Bertz CT molecular complexity index is 422. The number of aryl methyl sites for hydroxylation is 1. The van der Waals surface area contributed by atoms with Crippen molar-refractivity contribution in [1.29, 1.82) is 0 Å². The molecule has 1 aromatic carbocycles. The summed E-state index contributed by atoms with van der Waals surface area (Å²) in [6, 6.07) is 8.03. The standard InChI is InChI=1S/C13H15NO2/c1-8-3-5-10(6-4-8)11-7-12(15)14-13(16)9(11)2/h3-6,9,11H,7H2,1-2H3,(H,14,15,16). The van der Waals surface area contributed by atoms with Crippen molar-refractivity contribution < 1.29 is 9.59 Å². The summed E-state index contributed by atoms with van der Waals surface area (Å²) >= 11 is 0. The molecule has 3 nitrogen and oxygen atoms in total. The van der Waals surface area contributed by atoms with Crippen molar-refractivity contribution in [2.75, 3.05) is 0 Å². The Morgan fingerprint density at radius 1 is 1.19 bits per heavy atom. The predicted octanol–water partition coefficient (Wildman–Crippen LogP) is 1.76. The Hall–Kier alpha value is -1.64. The Balaban J connectivity index is 2.28. The van der Waals surface area contributed by atoms with Crippen LogP contribution in [0, 0.1) is 12.8 Å². The van der Waals surface area contributed by atoms with Gasteiger partial charge in [0.2, 0.25) is 11.8 Å². The SMILES string of the molecule is Cc1ccc(C2CC(=O)NC(=O)C2C)cc1. The number of amides is 2. The normalized spacial score (nSPS) is 25.4. The molecule has 0 spiro atoms. The predicted molar refractivity (Wildman–Crippen MR) is 60.9 cm³/mol. The van der Waals surface area contributed by atoms with E-state index in [1.54, 1.807) is 0 Å². The van der Waals surface area contributed by atoms with Crippen molar-refractivity contribution in [1.82, 2.24) is 5.32 Å². The molecule has 1 aromatic rings. The Labute approximate surface area is 94.9 Å². The smallest absolute Gasteiger partial charge is 0.230 e. The number of benzene rings is 1.